The van der Waals surface area contributed by atoms with E-state index in [9.17, 15) is 18.9 Å². The van der Waals surface area contributed by atoms with Crippen molar-refractivity contribution >= 4 is 28.4 Å². The molecule has 1 atom stereocenters. The molecule has 0 aliphatic carbocycles. The number of nitrogens with zero attached hydrogens (tertiary/aromatic N) is 2. The van der Waals surface area contributed by atoms with E-state index in [1.165, 1.54) is 6.08 Å². The molecular weight excluding hydrogens is 366 g/mol. The van der Waals surface area contributed by atoms with Crippen molar-refractivity contribution in [1.82, 2.24) is 4.90 Å². The zero-order chi connectivity index (χ0) is 20.2. The number of allylic oxidation sites excluding steroid dienone is 1. The zero-order valence-electron chi connectivity index (χ0n) is 16.4. The Labute approximate surface area is 163 Å². The minimum Gasteiger partial charge on any atom is -0.512 e. The molecule has 7 nitrogen and oxygen atoms in total. The van der Waals surface area contributed by atoms with Crippen molar-refractivity contribution in [2.45, 2.75) is 58.9 Å². The van der Waals surface area contributed by atoms with Crippen molar-refractivity contribution in [1.29, 1.82) is 0 Å². The first-order valence-corrected chi connectivity index (χ1v) is 11.0. The smallest absolute Gasteiger partial charge is 0.270 e. The van der Waals surface area contributed by atoms with Crippen LogP contribution in [0.1, 0.15) is 52.9 Å². The molecule has 2 heterocycles. The Morgan fingerprint density at radius 2 is 1.81 bits per heavy atom. The summed E-state index contributed by atoms with van der Waals surface area (Å²) >= 11 is 0. The van der Waals surface area contributed by atoms with Crippen LogP contribution in [0.15, 0.2) is 16.8 Å². The maximum Gasteiger partial charge on any atom is 0.270 e. The topological polar surface area (TPSA) is 113 Å². The molecule has 152 valence electrons. The van der Waals surface area contributed by atoms with E-state index >= 15 is 0 Å². The van der Waals surface area contributed by atoms with Gasteiger partial charge in [-0.1, -0.05) is 20.8 Å². The van der Waals surface area contributed by atoms with Crippen LogP contribution in [-0.2, 0) is 20.4 Å². The van der Waals surface area contributed by atoms with E-state index in [0.717, 1.165) is 12.8 Å². The van der Waals surface area contributed by atoms with Gasteiger partial charge < -0.3 is 15.7 Å². The van der Waals surface area contributed by atoms with Gasteiger partial charge in [0.1, 0.15) is 17.6 Å². The van der Waals surface area contributed by atoms with Crippen LogP contribution in [0.4, 0.5) is 0 Å². The van der Waals surface area contributed by atoms with Gasteiger partial charge in [-0.15, -0.1) is 0 Å². The van der Waals surface area contributed by atoms with Crippen LogP contribution in [0.25, 0.3) is 0 Å². The molecule has 0 bridgehead atoms. The summed E-state index contributed by atoms with van der Waals surface area (Å²) in [6.45, 7) is 6.01. The van der Waals surface area contributed by atoms with E-state index < -0.39 is 28.2 Å². The van der Waals surface area contributed by atoms with E-state index in [2.05, 4.69) is 4.99 Å². The molecule has 0 aromatic carbocycles. The summed E-state index contributed by atoms with van der Waals surface area (Å²) in [4.78, 5) is 31.1. The lowest BCUT2D eigenvalue weighted by molar-refractivity contribution is -0.144. The fourth-order valence-corrected chi connectivity index (χ4v) is 4.62. The van der Waals surface area contributed by atoms with Crippen LogP contribution in [-0.4, -0.2) is 56.0 Å². The van der Waals surface area contributed by atoms with Gasteiger partial charge in [0.05, 0.1) is 0 Å². The van der Waals surface area contributed by atoms with Gasteiger partial charge in [0.15, 0.2) is 0 Å². The maximum atomic E-state index is 12.9. The SMILES string of the molecule is CC(C)(C)/C(O)=C/C(N)=NC(=O)[C@@H]1CCCCN1C(=O)C1CCS(=O)CC1. The minimum absolute atomic E-state index is 0.0356. The Balaban J connectivity index is 2.11. The Morgan fingerprint density at radius 3 is 2.41 bits per heavy atom. The standard InChI is InChI=1S/C19H31N3O4S/c1-19(2,3)15(23)12-16(20)21-17(24)14-6-4-5-9-22(14)18(25)13-7-10-27(26)11-8-13/h12-14,23H,4-11H2,1-3H3,(H2,20,21,24)/b15-12-/t13?,14-,27?/m0/s1. The van der Waals surface area contributed by atoms with Crippen molar-refractivity contribution in [3.63, 3.8) is 0 Å². The van der Waals surface area contributed by atoms with Gasteiger partial charge in [-0.05, 0) is 32.1 Å². The normalized spacial score (nSPS) is 28.1. The number of nitrogens with two attached hydrogens (primary N) is 1. The van der Waals surface area contributed by atoms with E-state index in [1.54, 1.807) is 4.90 Å². The van der Waals surface area contributed by atoms with Crippen LogP contribution >= 0.6 is 0 Å². The van der Waals surface area contributed by atoms with Gasteiger partial charge in [0.2, 0.25) is 5.91 Å². The van der Waals surface area contributed by atoms with Crippen molar-refractivity contribution in [3.8, 4) is 0 Å². The van der Waals surface area contributed by atoms with Gasteiger partial charge in [0.25, 0.3) is 5.91 Å². The molecule has 3 N–H and O–H groups in total. The molecule has 2 saturated heterocycles. The molecule has 8 heteroatoms. The third-order valence-electron chi connectivity index (χ3n) is 5.10. The van der Waals surface area contributed by atoms with Crippen LogP contribution < -0.4 is 5.73 Å². The fourth-order valence-electron chi connectivity index (χ4n) is 3.32. The molecule has 2 aliphatic rings. The lowest BCUT2D eigenvalue weighted by Gasteiger charge is -2.36. The Hall–Kier alpha value is -1.70. The molecule has 2 rings (SSSR count). The molecule has 2 fully saturated rings. The van der Waals surface area contributed by atoms with Crippen LogP contribution in [0.3, 0.4) is 0 Å². The first kappa shape index (κ1) is 21.6. The molecule has 0 spiro atoms. The molecule has 2 amide bonds. The summed E-state index contributed by atoms with van der Waals surface area (Å²) in [7, 11) is -0.827. The monoisotopic (exact) mass is 397 g/mol. The van der Waals surface area contributed by atoms with Crippen LogP contribution in [0.2, 0.25) is 0 Å². The van der Waals surface area contributed by atoms with E-state index in [4.69, 9.17) is 5.73 Å². The van der Waals surface area contributed by atoms with Gasteiger partial charge in [-0.25, -0.2) is 0 Å². The van der Waals surface area contributed by atoms with Crippen molar-refractivity contribution < 1.29 is 18.9 Å². The molecule has 0 aromatic heterocycles. The average Bonchev–Trinajstić information content (AvgIpc) is 2.60. The number of carbonyl (C=O) groups is 2. The summed E-state index contributed by atoms with van der Waals surface area (Å²) in [5, 5.41) is 10.0. The summed E-state index contributed by atoms with van der Waals surface area (Å²) in [6.07, 6.45) is 4.79. The molecule has 0 radical (unpaired) electrons. The fraction of sp³-hybridized carbons (Fsp3) is 0.737. The maximum absolute atomic E-state index is 12.9. The van der Waals surface area contributed by atoms with Gasteiger partial charge in [-0.3, -0.25) is 13.8 Å². The summed E-state index contributed by atoms with van der Waals surface area (Å²) in [5.74, 6) is 0.434. The van der Waals surface area contributed by atoms with E-state index in [0.29, 0.717) is 37.3 Å². The number of amidine groups is 1. The second-order valence-corrected chi connectivity index (χ2v) is 10.0. The summed E-state index contributed by atoms with van der Waals surface area (Å²) in [6, 6.07) is -0.609. The highest BCUT2D eigenvalue weighted by molar-refractivity contribution is 7.85. The highest BCUT2D eigenvalue weighted by atomic mass is 32.2. The largest absolute Gasteiger partial charge is 0.512 e. The zero-order valence-corrected chi connectivity index (χ0v) is 17.3. The number of hydrogen-bond donors (Lipinski definition) is 2. The number of aliphatic imine (C=N–C) groups is 1. The molecule has 0 aromatic rings. The highest BCUT2D eigenvalue weighted by Gasteiger charge is 2.36. The van der Waals surface area contributed by atoms with Crippen LogP contribution in [0, 0.1) is 11.3 Å². The summed E-state index contributed by atoms with van der Waals surface area (Å²) in [5.41, 5.74) is 5.33. The molecule has 2 aliphatic heterocycles. The van der Waals surface area contributed by atoms with E-state index in [1.807, 2.05) is 20.8 Å². The number of aliphatic hydroxyl groups is 1. The molecular formula is C19H31N3O4S. The molecule has 27 heavy (non-hydrogen) atoms. The number of hydrogen-bond acceptors (Lipinski definition) is 4. The first-order chi connectivity index (χ1) is 12.6. The van der Waals surface area contributed by atoms with Gasteiger partial charge >= 0.3 is 0 Å². The lowest BCUT2D eigenvalue weighted by Crippen LogP contribution is -2.50. The number of rotatable bonds is 3. The highest BCUT2D eigenvalue weighted by Crippen LogP contribution is 2.26. The second kappa shape index (κ2) is 8.99. The molecule has 0 saturated carbocycles. The van der Waals surface area contributed by atoms with Gasteiger partial charge in [-0.2, -0.15) is 4.99 Å². The summed E-state index contributed by atoms with van der Waals surface area (Å²) < 4.78 is 11.5. The number of likely N-dealkylation sites (tertiary alicyclic amines) is 1. The Kier molecular flexibility index (Phi) is 7.19. The minimum atomic E-state index is -0.827. The third-order valence-corrected chi connectivity index (χ3v) is 6.48. The predicted molar refractivity (Wildman–Crippen MR) is 107 cm³/mol. The lowest BCUT2D eigenvalue weighted by atomic mass is 9.93. The van der Waals surface area contributed by atoms with Gasteiger partial charge in [0, 0.05) is 46.3 Å². The van der Waals surface area contributed by atoms with Crippen molar-refractivity contribution in [2.24, 2.45) is 22.1 Å². The van der Waals surface area contributed by atoms with E-state index in [-0.39, 0.29) is 23.4 Å². The Morgan fingerprint density at radius 1 is 1.19 bits per heavy atom. The third kappa shape index (κ3) is 5.89. The molecule has 0 unspecified atom stereocenters. The Bertz CT molecular complexity index is 656. The number of aliphatic hydroxyl groups excluding tert-OH is 1. The second-order valence-electron chi connectivity index (χ2n) is 8.32. The first-order valence-electron chi connectivity index (χ1n) is 9.54. The van der Waals surface area contributed by atoms with Crippen LogP contribution in [0.5, 0.6) is 0 Å². The van der Waals surface area contributed by atoms with Crippen molar-refractivity contribution in [2.75, 3.05) is 18.1 Å². The van der Waals surface area contributed by atoms with Crippen molar-refractivity contribution in [3.05, 3.63) is 11.8 Å². The number of amides is 2. The number of carbonyl (C=O) groups excluding carboxylic acids is 2. The predicted octanol–water partition coefficient (Wildman–Crippen LogP) is 1.90. The number of piperidine rings is 1. The quantitative estimate of drug-likeness (QED) is 0.429. The average molecular weight is 398 g/mol.